The Kier molecular flexibility index (Phi) is 3.34. The van der Waals surface area contributed by atoms with E-state index in [1.165, 1.54) is 6.07 Å². The highest BCUT2D eigenvalue weighted by Gasteiger charge is 2.17. The molecule has 1 atom stereocenters. The molecule has 0 saturated heterocycles. The molecule has 0 aliphatic carbocycles. The van der Waals surface area contributed by atoms with Gasteiger partial charge in [-0.3, -0.25) is 4.21 Å². The number of furan rings is 1. The van der Waals surface area contributed by atoms with Crippen LogP contribution in [0.5, 0.6) is 0 Å². The van der Waals surface area contributed by atoms with Crippen molar-refractivity contribution in [3.05, 3.63) is 23.7 Å². The van der Waals surface area contributed by atoms with Gasteiger partial charge in [0, 0.05) is 0 Å². The molecule has 1 unspecified atom stereocenters. The third kappa shape index (κ3) is 2.63. The zero-order valence-corrected chi connectivity index (χ0v) is 7.59. The summed E-state index contributed by atoms with van der Waals surface area (Å²) in [6.07, 6.45) is 0. The Hall–Kier alpha value is -1.24. The van der Waals surface area contributed by atoms with Crippen molar-refractivity contribution in [3.63, 3.8) is 0 Å². The Labute approximate surface area is 80.0 Å². The lowest BCUT2D eigenvalue weighted by atomic mass is 10.4. The molecule has 0 fully saturated rings. The minimum Gasteiger partial charge on any atom is -0.475 e. The number of hydrogen-bond donors (Lipinski definition) is 1. The van der Waals surface area contributed by atoms with Crippen LogP contribution in [0, 0.1) is 0 Å². The summed E-state index contributed by atoms with van der Waals surface area (Å²) in [5.41, 5.74) is 0. The molecule has 0 radical (unpaired) electrons. The lowest BCUT2D eigenvalue weighted by Gasteiger charge is -1.96. The van der Waals surface area contributed by atoms with E-state index in [0.717, 1.165) is 6.07 Å². The molecule has 78 valence electrons. The van der Waals surface area contributed by atoms with E-state index in [0.29, 0.717) is 0 Å². The van der Waals surface area contributed by atoms with E-state index in [-0.39, 0.29) is 11.5 Å². The lowest BCUT2D eigenvalue weighted by molar-refractivity contribution is 0.0661. The predicted molar refractivity (Wildman–Crippen MR) is 43.5 cm³/mol. The first-order valence-corrected chi connectivity index (χ1v) is 4.86. The van der Waals surface area contributed by atoms with E-state index in [9.17, 15) is 17.8 Å². The largest absolute Gasteiger partial charge is 0.475 e. The Morgan fingerprint density at radius 1 is 1.57 bits per heavy atom. The Bertz CT molecular complexity index is 360. The van der Waals surface area contributed by atoms with Crippen molar-refractivity contribution in [2.75, 3.05) is 0 Å². The predicted octanol–water partition coefficient (Wildman–Crippen LogP) is 1.45. The van der Waals surface area contributed by atoms with Gasteiger partial charge in [0.2, 0.25) is 5.76 Å². The van der Waals surface area contributed by atoms with Gasteiger partial charge in [-0.15, -0.1) is 0 Å². The van der Waals surface area contributed by atoms with Crippen molar-refractivity contribution in [2.24, 2.45) is 0 Å². The van der Waals surface area contributed by atoms with Crippen molar-refractivity contribution in [3.8, 4) is 0 Å². The molecular weight excluding hydrogens is 218 g/mol. The first-order chi connectivity index (χ1) is 6.50. The second kappa shape index (κ2) is 4.32. The summed E-state index contributed by atoms with van der Waals surface area (Å²) in [5.74, 6) is -5.11. The Morgan fingerprint density at radius 2 is 2.21 bits per heavy atom. The van der Waals surface area contributed by atoms with Crippen LogP contribution in [0.1, 0.15) is 16.3 Å². The molecule has 0 amide bonds. The van der Waals surface area contributed by atoms with E-state index >= 15 is 0 Å². The quantitative estimate of drug-likeness (QED) is 0.840. The molecule has 0 saturated carbocycles. The van der Waals surface area contributed by atoms with Gasteiger partial charge in [0.1, 0.15) is 5.76 Å². The van der Waals surface area contributed by atoms with Crippen LogP contribution < -0.4 is 0 Å². The minimum atomic E-state index is -2.95. The highest BCUT2D eigenvalue weighted by atomic mass is 32.2. The van der Waals surface area contributed by atoms with Gasteiger partial charge in [0.05, 0.1) is 16.6 Å². The van der Waals surface area contributed by atoms with Crippen LogP contribution in [0.15, 0.2) is 16.5 Å². The molecule has 0 aromatic carbocycles. The molecule has 1 aromatic rings. The maximum absolute atomic E-state index is 11.8. The van der Waals surface area contributed by atoms with Crippen molar-refractivity contribution >= 4 is 16.8 Å². The molecule has 0 aliphatic rings. The monoisotopic (exact) mass is 224 g/mol. The maximum Gasteiger partial charge on any atom is 0.371 e. The second-order valence-electron chi connectivity index (χ2n) is 2.36. The number of halogens is 2. The zero-order valence-electron chi connectivity index (χ0n) is 6.78. The summed E-state index contributed by atoms with van der Waals surface area (Å²) in [6, 6.07) is 2.34. The number of aromatic carboxylic acids is 1. The smallest absolute Gasteiger partial charge is 0.371 e. The first kappa shape index (κ1) is 10.8. The summed E-state index contributed by atoms with van der Waals surface area (Å²) in [7, 11) is -2.34. The van der Waals surface area contributed by atoms with Gasteiger partial charge < -0.3 is 9.52 Å². The molecule has 0 bridgehead atoms. The molecule has 1 rings (SSSR count). The number of rotatable bonds is 4. The molecule has 1 heterocycles. The number of carbonyl (C=O) groups is 1. The van der Waals surface area contributed by atoms with E-state index in [2.05, 4.69) is 4.42 Å². The molecule has 1 aromatic heterocycles. The van der Waals surface area contributed by atoms with Crippen LogP contribution >= 0.6 is 0 Å². The van der Waals surface area contributed by atoms with Crippen LogP contribution in [0.25, 0.3) is 0 Å². The number of carboxylic acid groups (broad SMARTS) is 1. The maximum atomic E-state index is 11.8. The van der Waals surface area contributed by atoms with Gasteiger partial charge in [-0.05, 0) is 12.1 Å². The van der Waals surface area contributed by atoms with Gasteiger partial charge in [0.15, 0.2) is 0 Å². The fourth-order valence-corrected chi connectivity index (χ4v) is 1.34. The molecule has 14 heavy (non-hydrogen) atoms. The summed E-state index contributed by atoms with van der Waals surface area (Å²) in [5, 5.41) is 8.42. The van der Waals surface area contributed by atoms with Crippen LogP contribution in [0.2, 0.25) is 0 Å². The number of alkyl halides is 2. The van der Waals surface area contributed by atoms with Crippen LogP contribution in [-0.2, 0) is 16.6 Å². The Morgan fingerprint density at radius 3 is 2.64 bits per heavy atom. The SMILES string of the molecule is O=C(O)c1ccc(CS(=O)C(F)F)o1. The van der Waals surface area contributed by atoms with Gasteiger partial charge >= 0.3 is 11.7 Å². The molecule has 7 heteroatoms. The van der Waals surface area contributed by atoms with Crippen LogP contribution in [-0.4, -0.2) is 21.0 Å². The molecule has 1 N–H and O–H groups in total. The van der Waals surface area contributed by atoms with Gasteiger partial charge in [-0.25, -0.2) is 4.79 Å². The average molecular weight is 224 g/mol. The third-order valence-electron chi connectivity index (χ3n) is 1.36. The fourth-order valence-electron chi connectivity index (χ4n) is 0.774. The van der Waals surface area contributed by atoms with E-state index < -0.39 is 28.3 Å². The summed E-state index contributed by atoms with van der Waals surface area (Å²) in [4.78, 5) is 10.3. The summed E-state index contributed by atoms with van der Waals surface area (Å²) >= 11 is 0. The van der Waals surface area contributed by atoms with Gasteiger partial charge in [-0.2, -0.15) is 8.78 Å². The molecule has 0 aliphatic heterocycles. The Balaban J connectivity index is 2.69. The van der Waals surface area contributed by atoms with Crippen molar-refractivity contribution in [1.82, 2.24) is 0 Å². The molecule has 4 nitrogen and oxygen atoms in total. The van der Waals surface area contributed by atoms with Crippen LogP contribution in [0.4, 0.5) is 8.78 Å². The van der Waals surface area contributed by atoms with Crippen LogP contribution in [0.3, 0.4) is 0 Å². The first-order valence-electron chi connectivity index (χ1n) is 3.48. The normalized spacial score (nSPS) is 13.1. The zero-order chi connectivity index (χ0) is 10.7. The molecular formula is C7H6F2O4S. The summed E-state index contributed by atoms with van der Waals surface area (Å²) in [6.45, 7) is 0. The topological polar surface area (TPSA) is 67.5 Å². The standard InChI is InChI=1S/C7H6F2O4S/c8-7(9)14(12)3-4-1-2-5(13-4)6(10)11/h1-2,7H,3H2,(H,10,11). The third-order valence-corrected chi connectivity index (χ3v) is 2.32. The number of carboxylic acids is 1. The van der Waals surface area contributed by atoms with Crippen molar-refractivity contribution < 1.29 is 27.3 Å². The van der Waals surface area contributed by atoms with Crippen molar-refractivity contribution in [1.29, 1.82) is 0 Å². The minimum absolute atomic E-state index is 0.0268. The second-order valence-corrected chi connectivity index (χ2v) is 3.76. The van der Waals surface area contributed by atoms with Gasteiger partial charge in [-0.1, -0.05) is 0 Å². The average Bonchev–Trinajstić information content (AvgIpc) is 2.52. The van der Waals surface area contributed by atoms with E-state index in [4.69, 9.17) is 5.11 Å². The highest BCUT2D eigenvalue weighted by molar-refractivity contribution is 7.84. The fraction of sp³-hybridized carbons (Fsp3) is 0.286. The summed E-state index contributed by atoms with van der Waals surface area (Å²) < 4.78 is 38.9. The highest BCUT2D eigenvalue weighted by Crippen LogP contribution is 2.13. The van der Waals surface area contributed by atoms with Crippen molar-refractivity contribution in [2.45, 2.75) is 11.5 Å². The molecule has 0 spiro atoms. The lowest BCUT2D eigenvalue weighted by Crippen LogP contribution is -2.04. The van der Waals surface area contributed by atoms with E-state index in [1.54, 1.807) is 0 Å². The number of hydrogen-bond acceptors (Lipinski definition) is 3. The van der Waals surface area contributed by atoms with E-state index in [1.807, 2.05) is 0 Å². The van der Waals surface area contributed by atoms with Gasteiger partial charge in [0.25, 0.3) is 0 Å².